The van der Waals surface area contributed by atoms with Crippen molar-refractivity contribution < 1.29 is 23.1 Å². The van der Waals surface area contributed by atoms with Crippen LogP contribution in [0.25, 0.3) is 33.3 Å². The molecular weight excluding hydrogens is 430 g/mol. The zero-order chi connectivity index (χ0) is 23.2. The van der Waals surface area contributed by atoms with Crippen molar-refractivity contribution in [2.24, 2.45) is 5.92 Å². The molecule has 0 aliphatic carbocycles. The van der Waals surface area contributed by atoms with Gasteiger partial charge >= 0.3 is 5.97 Å². The van der Waals surface area contributed by atoms with Gasteiger partial charge in [-0.05, 0) is 42.3 Å². The molecule has 0 bridgehead atoms. The third kappa shape index (κ3) is 4.18. The minimum atomic E-state index is -1.70. The van der Waals surface area contributed by atoms with Crippen LogP contribution in [0.3, 0.4) is 0 Å². The Labute approximate surface area is 187 Å². The summed E-state index contributed by atoms with van der Waals surface area (Å²) in [5.41, 5.74) is 1.79. The summed E-state index contributed by atoms with van der Waals surface area (Å²) in [4.78, 5) is 16.4. The Balaban J connectivity index is 1.68. The van der Waals surface area contributed by atoms with Crippen LogP contribution in [-0.4, -0.2) is 31.5 Å². The van der Waals surface area contributed by atoms with Crippen LogP contribution < -0.4 is 4.72 Å². The molecule has 0 amide bonds. The standard InChI is InChI=1S/C23H25N3O5S/c1-12(2)19(21(27)28)26-32(29)14-7-8-15-16-10-13(6-9-17(16)30-18(15)11-14)20-24-22(31-25-20)23(3,4)5/h6-12,19,26H,1-5H3,(H,27,28). The molecule has 168 valence electrons. The van der Waals surface area contributed by atoms with Crippen molar-refractivity contribution in [3.8, 4) is 11.4 Å². The monoisotopic (exact) mass is 455 g/mol. The molecule has 9 heteroatoms. The van der Waals surface area contributed by atoms with Crippen LogP contribution in [0.15, 0.2) is 50.2 Å². The van der Waals surface area contributed by atoms with E-state index in [9.17, 15) is 14.1 Å². The molecule has 8 nitrogen and oxygen atoms in total. The molecule has 0 spiro atoms. The van der Waals surface area contributed by atoms with Crippen molar-refractivity contribution in [3.63, 3.8) is 0 Å². The molecule has 0 aliphatic heterocycles. The van der Waals surface area contributed by atoms with Gasteiger partial charge in [0.2, 0.25) is 11.7 Å². The molecule has 2 aromatic carbocycles. The van der Waals surface area contributed by atoms with E-state index in [1.165, 1.54) is 0 Å². The lowest BCUT2D eigenvalue weighted by Crippen LogP contribution is -2.41. The third-order valence-electron chi connectivity index (χ3n) is 5.15. The second-order valence-corrected chi connectivity index (χ2v) is 10.3. The molecule has 0 radical (unpaired) electrons. The lowest BCUT2D eigenvalue weighted by atomic mass is 9.97. The summed E-state index contributed by atoms with van der Waals surface area (Å²) < 4.78 is 26.7. The van der Waals surface area contributed by atoms with Crippen molar-refractivity contribution in [2.75, 3.05) is 0 Å². The highest BCUT2D eigenvalue weighted by molar-refractivity contribution is 7.83. The van der Waals surface area contributed by atoms with Crippen LogP contribution >= 0.6 is 0 Å². The minimum absolute atomic E-state index is 0.214. The number of nitrogens with zero attached hydrogens (tertiary/aromatic N) is 2. The van der Waals surface area contributed by atoms with Crippen LogP contribution in [0, 0.1) is 5.92 Å². The fraction of sp³-hybridized carbons (Fsp3) is 0.348. The number of hydrogen-bond donors (Lipinski definition) is 2. The highest BCUT2D eigenvalue weighted by atomic mass is 32.2. The normalized spacial score (nSPS) is 14.3. The molecule has 4 rings (SSSR count). The molecule has 2 N–H and O–H groups in total. The smallest absolute Gasteiger partial charge is 0.321 e. The third-order valence-corrected chi connectivity index (χ3v) is 6.30. The van der Waals surface area contributed by atoms with Crippen molar-refractivity contribution in [2.45, 2.75) is 51.0 Å². The molecule has 0 saturated carbocycles. The predicted molar refractivity (Wildman–Crippen MR) is 122 cm³/mol. The van der Waals surface area contributed by atoms with Crippen LogP contribution in [0.1, 0.15) is 40.5 Å². The Morgan fingerprint density at radius 1 is 1.09 bits per heavy atom. The van der Waals surface area contributed by atoms with Gasteiger partial charge in [-0.2, -0.15) is 4.98 Å². The maximum Gasteiger partial charge on any atom is 0.321 e. The Morgan fingerprint density at radius 2 is 1.84 bits per heavy atom. The summed E-state index contributed by atoms with van der Waals surface area (Å²) in [5.74, 6) is -0.192. The lowest BCUT2D eigenvalue weighted by molar-refractivity contribution is -0.140. The van der Waals surface area contributed by atoms with Crippen LogP contribution in [0.4, 0.5) is 0 Å². The summed E-state index contributed by atoms with van der Waals surface area (Å²) in [7, 11) is -1.70. The number of hydrogen-bond acceptors (Lipinski definition) is 6. The van der Waals surface area contributed by atoms with Crippen LogP contribution in [-0.2, 0) is 21.2 Å². The second-order valence-electron chi connectivity index (χ2n) is 9.09. The van der Waals surface area contributed by atoms with Crippen molar-refractivity contribution >= 4 is 38.9 Å². The SMILES string of the molecule is CC(C)C(NS(=O)c1ccc2c(c1)oc1ccc(-c3noc(C(C)(C)C)n3)cc12)C(=O)O. The van der Waals surface area contributed by atoms with Gasteiger partial charge in [-0.25, -0.2) is 8.93 Å². The highest BCUT2D eigenvalue weighted by Crippen LogP contribution is 2.33. The number of aromatic nitrogens is 2. The average Bonchev–Trinajstić information content (AvgIpc) is 3.35. The van der Waals surface area contributed by atoms with E-state index in [0.717, 1.165) is 16.3 Å². The fourth-order valence-electron chi connectivity index (χ4n) is 3.31. The molecule has 2 atom stereocenters. The number of benzene rings is 2. The first-order valence-electron chi connectivity index (χ1n) is 10.3. The van der Waals surface area contributed by atoms with E-state index in [2.05, 4.69) is 14.9 Å². The quantitative estimate of drug-likeness (QED) is 0.434. The van der Waals surface area contributed by atoms with E-state index < -0.39 is 23.0 Å². The number of furan rings is 1. The number of carboxylic acids is 1. The number of aliphatic carboxylic acids is 1. The highest BCUT2D eigenvalue weighted by Gasteiger charge is 2.25. The zero-order valence-corrected chi connectivity index (χ0v) is 19.3. The van der Waals surface area contributed by atoms with Gasteiger partial charge in [0.25, 0.3) is 0 Å². The molecule has 0 fully saturated rings. The zero-order valence-electron chi connectivity index (χ0n) is 18.5. The Bertz CT molecular complexity index is 1330. The first-order valence-corrected chi connectivity index (χ1v) is 11.4. The average molecular weight is 456 g/mol. The minimum Gasteiger partial charge on any atom is -0.480 e. The van der Waals surface area contributed by atoms with Crippen LogP contribution in [0.2, 0.25) is 0 Å². The number of fused-ring (bicyclic) bond motifs is 3. The lowest BCUT2D eigenvalue weighted by Gasteiger charge is -2.17. The van der Waals surface area contributed by atoms with E-state index in [0.29, 0.717) is 27.8 Å². The molecule has 0 saturated heterocycles. The van der Waals surface area contributed by atoms with Gasteiger partial charge in [0.05, 0.1) is 4.90 Å². The van der Waals surface area contributed by atoms with E-state index in [1.54, 1.807) is 26.0 Å². The van der Waals surface area contributed by atoms with Crippen molar-refractivity contribution in [3.05, 3.63) is 42.3 Å². The van der Waals surface area contributed by atoms with E-state index in [4.69, 9.17) is 8.94 Å². The molecule has 2 unspecified atom stereocenters. The molecule has 4 aromatic rings. The molecule has 2 heterocycles. The van der Waals surface area contributed by atoms with E-state index in [1.807, 2.05) is 45.0 Å². The number of carboxylic acid groups (broad SMARTS) is 1. The van der Waals surface area contributed by atoms with Crippen molar-refractivity contribution in [1.29, 1.82) is 0 Å². The van der Waals surface area contributed by atoms with Gasteiger partial charge in [0.1, 0.15) is 28.2 Å². The first kappa shape index (κ1) is 22.2. The van der Waals surface area contributed by atoms with Gasteiger partial charge in [-0.3, -0.25) is 4.79 Å². The maximum absolute atomic E-state index is 12.7. The first-order chi connectivity index (χ1) is 15.0. The van der Waals surface area contributed by atoms with Gasteiger partial charge < -0.3 is 14.0 Å². The Hall–Kier alpha value is -3.04. The number of carbonyl (C=O) groups is 1. The van der Waals surface area contributed by atoms with Crippen molar-refractivity contribution in [1.82, 2.24) is 14.9 Å². The summed E-state index contributed by atoms with van der Waals surface area (Å²) >= 11 is 0. The molecular formula is C23H25N3O5S. The summed E-state index contributed by atoms with van der Waals surface area (Å²) in [5, 5.41) is 15.2. The van der Waals surface area contributed by atoms with Gasteiger partial charge in [0, 0.05) is 21.8 Å². The van der Waals surface area contributed by atoms with Gasteiger partial charge in [-0.1, -0.05) is 39.8 Å². The molecule has 0 aliphatic rings. The molecule has 2 aromatic heterocycles. The molecule has 32 heavy (non-hydrogen) atoms. The number of nitrogens with one attached hydrogen (secondary N) is 1. The summed E-state index contributed by atoms with van der Waals surface area (Å²) in [6.45, 7) is 9.54. The fourth-order valence-corrected chi connectivity index (χ4v) is 4.46. The Kier molecular flexibility index (Phi) is 5.64. The maximum atomic E-state index is 12.7. The largest absolute Gasteiger partial charge is 0.480 e. The topological polar surface area (TPSA) is 118 Å². The summed E-state index contributed by atoms with van der Waals surface area (Å²) in [6.07, 6.45) is 0. The Morgan fingerprint density at radius 3 is 2.47 bits per heavy atom. The van der Waals surface area contributed by atoms with Gasteiger partial charge in [-0.15, -0.1) is 0 Å². The second kappa shape index (κ2) is 8.14. The van der Waals surface area contributed by atoms with Gasteiger partial charge in [0.15, 0.2) is 0 Å². The summed E-state index contributed by atoms with van der Waals surface area (Å²) in [6, 6.07) is 9.92. The van der Waals surface area contributed by atoms with E-state index >= 15 is 0 Å². The van der Waals surface area contributed by atoms with Crippen LogP contribution in [0.5, 0.6) is 0 Å². The number of rotatable bonds is 6. The van der Waals surface area contributed by atoms with E-state index in [-0.39, 0.29) is 11.3 Å². The predicted octanol–water partition coefficient (Wildman–Crippen LogP) is 4.65.